The Morgan fingerprint density at radius 3 is 2.57 bits per heavy atom. The first kappa shape index (κ1) is 13.9. The molecule has 0 aromatic heterocycles. The van der Waals surface area contributed by atoms with Crippen molar-refractivity contribution in [3.05, 3.63) is 69.8 Å². The first-order valence-electron chi connectivity index (χ1n) is 7.25. The molecule has 1 aliphatic carbocycles. The van der Waals surface area contributed by atoms with Gasteiger partial charge in [-0.3, -0.25) is 10.1 Å². The average molecular weight is 307 g/mol. The zero-order valence-electron chi connectivity index (χ0n) is 12.0. The van der Waals surface area contributed by atoms with Crippen molar-refractivity contribution in [3.63, 3.8) is 0 Å². The van der Waals surface area contributed by atoms with Crippen LogP contribution in [0.25, 0.3) is 27.6 Å². The number of hydrogen-bond donors (Lipinski definition) is 2. The molecule has 23 heavy (non-hydrogen) atoms. The van der Waals surface area contributed by atoms with E-state index in [1.165, 1.54) is 12.2 Å². The lowest BCUT2D eigenvalue weighted by Crippen LogP contribution is -2.20. The second-order valence-corrected chi connectivity index (χ2v) is 5.66. The van der Waals surface area contributed by atoms with Crippen LogP contribution in [0.2, 0.25) is 0 Å². The third-order valence-electron chi connectivity index (χ3n) is 4.38. The number of fused-ring (bicyclic) bond motifs is 5. The minimum atomic E-state index is -1.18. The Kier molecular flexibility index (Phi) is 2.94. The Bertz CT molecular complexity index is 993. The molecule has 0 amide bonds. The smallest absolute Gasteiger partial charge is 0.277 e. The quantitative estimate of drug-likeness (QED) is 0.410. The largest absolute Gasteiger partial charge is 0.386 e. The molecular weight excluding hydrogens is 294 g/mol. The summed E-state index contributed by atoms with van der Waals surface area (Å²) >= 11 is 0. The van der Waals surface area contributed by atoms with E-state index in [9.17, 15) is 20.3 Å². The van der Waals surface area contributed by atoms with E-state index in [2.05, 4.69) is 0 Å². The molecule has 0 fully saturated rings. The fraction of sp³-hybridized carbons (Fsp3) is 0.111. The highest BCUT2D eigenvalue weighted by atomic mass is 16.6. The van der Waals surface area contributed by atoms with Gasteiger partial charge in [-0.25, -0.2) is 0 Å². The molecule has 114 valence electrons. The van der Waals surface area contributed by atoms with Gasteiger partial charge in [0.2, 0.25) is 0 Å². The van der Waals surface area contributed by atoms with Crippen molar-refractivity contribution in [1.29, 1.82) is 0 Å². The Labute approximate surface area is 131 Å². The predicted octanol–water partition coefficient (Wildman–Crippen LogP) is 3.32. The van der Waals surface area contributed by atoms with Gasteiger partial charge in [0.25, 0.3) is 5.69 Å². The second kappa shape index (κ2) is 4.87. The highest BCUT2D eigenvalue weighted by Crippen LogP contribution is 2.41. The molecule has 0 unspecified atom stereocenters. The molecule has 3 aromatic carbocycles. The molecule has 0 spiro atoms. The number of benzene rings is 3. The van der Waals surface area contributed by atoms with Crippen LogP contribution < -0.4 is 0 Å². The molecule has 0 radical (unpaired) electrons. The summed E-state index contributed by atoms with van der Waals surface area (Å²) in [6.45, 7) is 0. The van der Waals surface area contributed by atoms with E-state index in [0.717, 1.165) is 16.2 Å². The summed E-state index contributed by atoms with van der Waals surface area (Å²) in [5.41, 5.74) is 0.705. The van der Waals surface area contributed by atoms with Gasteiger partial charge in [0.1, 0.15) is 12.2 Å². The highest BCUT2D eigenvalue weighted by Gasteiger charge is 2.30. The lowest BCUT2D eigenvalue weighted by Gasteiger charge is -2.24. The summed E-state index contributed by atoms with van der Waals surface area (Å²) in [6.07, 6.45) is 0.643. The maximum Gasteiger partial charge on any atom is 0.277 e. The SMILES string of the molecule is O=[N+]([O-])c1cc2c(ccc3ccccc32)c2c1C=C[C@H](O)[C@H]2O. The first-order chi connectivity index (χ1) is 11.1. The van der Waals surface area contributed by atoms with Crippen LogP contribution in [0.1, 0.15) is 17.2 Å². The molecule has 4 rings (SSSR count). The summed E-state index contributed by atoms with van der Waals surface area (Å²) in [7, 11) is 0. The van der Waals surface area contributed by atoms with Gasteiger partial charge in [-0.05, 0) is 27.6 Å². The van der Waals surface area contributed by atoms with Crippen LogP contribution in [0.5, 0.6) is 0 Å². The Morgan fingerprint density at radius 1 is 1.00 bits per heavy atom. The summed E-state index contributed by atoms with van der Waals surface area (Å²) in [5.74, 6) is 0. The van der Waals surface area contributed by atoms with E-state index < -0.39 is 17.1 Å². The van der Waals surface area contributed by atoms with E-state index in [1.807, 2.05) is 36.4 Å². The Hall–Kier alpha value is -2.76. The minimum absolute atomic E-state index is 0.0638. The van der Waals surface area contributed by atoms with Crippen LogP contribution in [0.3, 0.4) is 0 Å². The zero-order chi connectivity index (χ0) is 16.1. The molecule has 5 nitrogen and oxygen atoms in total. The van der Waals surface area contributed by atoms with Gasteiger partial charge in [0, 0.05) is 11.6 Å². The third-order valence-corrected chi connectivity index (χ3v) is 4.38. The monoisotopic (exact) mass is 307 g/mol. The molecule has 0 saturated heterocycles. The summed E-state index contributed by atoms with van der Waals surface area (Å²) in [5, 5.41) is 35.0. The third kappa shape index (κ3) is 1.94. The van der Waals surface area contributed by atoms with Crippen LogP contribution in [0.15, 0.2) is 48.5 Å². The second-order valence-electron chi connectivity index (χ2n) is 5.66. The van der Waals surface area contributed by atoms with Crippen LogP contribution in [-0.4, -0.2) is 21.2 Å². The van der Waals surface area contributed by atoms with E-state index in [4.69, 9.17) is 0 Å². The van der Waals surface area contributed by atoms with Crippen LogP contribution in [0, 0.1) is 10.1 Å². The molecule has 0 saturated carbocycles. The molecule has 0 bridgehead atoms. The van der Waals surface area contributed by atoms with Crippen molar-refractivity contribution in [1.82, 2.24) is 0 Å². The average Bonchev–Trinajstić information content (AvgIpc) is 2.56. The van der Waals surface area contributed by atoms with Gasteiger partial charge < -0.3 is 10.2 Å². The molecule has 3 aromatic rings. The number of nitro benzene ring substituents is 1. The maximum absolute atomic E-state index is 11.5. The van der Waals surface area contributed by atoms with Crippen molar-refractivity contribution < 1.29 is 15.1 Å². The van der Waals surface area contributed by atoms with Crippen molar-refractivity contribution in [2.45, 2.75) is 12.2 Å². The van der Waals surface area contributed by atoms with E-state index >= 15 is 0 Å². The predicted molar refractivity (Wildman–Crippen MR) is 88.1 cm³/mol. The Balaban J connectivity index is 2.22. The molecule has 1 aliphatic rings. The molecule has 2 atom stereocenters. The number of aliphatic hydroxyl groups excluding tert-OH is 2. The lowest BCUT2D eigenvalue weighted by atomic mass is 9.86. The van der Waals surface area contributed by atoms with Crippen molar-refractivity contribution in [3.8, 4) is 0 Å². The fourth-order valence-electron chi connectivity index (χ4n) is 3.30. The highest BCUT2D eigenvalue weighted by molar-refractivity contribution is 6.10. The first-order valence-corrected chi connectivity index (χ1v) is 7.25. The molecule has 0 heterocycles. The molecular formula is C18H13NO4. The number of rotatable bonds is 1. The van der Waals surface area contributed by atoms with Crippen LogP contribution in [-0.2, 0) is 0 Å². The normalized spacial score (nSPS) is 19.9. The summed E-state index contributed by atoms with van der Waals surface area (Å²) < 4.78 is 0. The van der Waals surface area contributed by atoms with Crippen molar-refractivity contribution in [2.24, 2.45) is 0 Å². The number of hydrogen-bond acceptors (Lipinski definition) is 4. The van der Waals surface area contributed by atoms with E-state index in [-0.39, 0.29) is 5.69 Å². The van der Waals surface area contributed by atoms with Gasteiger partial charge in [-0.2, -0.15) is 0 Å². The van der Waals surface area contributed by atoms with Crippen LogP contribution >= 0.6 is 0 Å². The zero-order valence-corrected chi connectivity index (χ0v) is 12.0. The molecule has 2 N–H and O–H groups in total. The van der Waals surface area contributed by atoms with E-state index in [0.29, 0.717) is 16.5 Å². The minimum Gasteiger partial charge on any atom is -0.386 e. The fourth-order valence-corrected chi connectivity index (χ4v) is 3.30. The number of aliphatic hydroxyl groups is 2. The number of nitro groups is 1. The number of nitrogens with zero attached hydrogens (tertiary/aromatic N) is 1. The lowest BCUT2D eigenvalue weighted by molar-refractivity contribution is -0.385. The van der Waals surface area contributed by atoms with Gasteiger partial charge in [-0.15, -0.1) is 0 Å². The van der Waals surface area contributed by atoms with Gasteiger partial charge in [0.15, 0.2) is 0 Å². The van der Waals surface area contributed by atoms with Crippen LogP contribution in [0.4, 0.5) is 5.69 Å². The van der Waals surface area contributed by atoms with Gasteiger partial charge in [-0.1, -0.05) is 42.5 Å². The van der Waals surface area contributed by atoms with E-state index in [1.54, 1.807) is 6.07 Å². The topological polar surface area (TPSA) is 83.6 Å². The van der Waals surface area contributed by atoms with Gasteiger partial charge >= 0.3 is 0 Å². The summed E-state index contributed by atoms with van der Waals surface area (Å²) in [6, 6.07) is 12.9. The Morgan fingerprint density at radius 2 is 1.78 bits per heavy atom. The molecule has 0 aliphatic heterocycles. The molecule has 5 heteroatoms. The maximum atomic E-state index is 11.5. The van der Waals surface area contributed by atoms with Gasteiger partial charge in [0.05, 0.1) is 10.5 Å². The summed E-state index contributed by atoms with van der Waals surface area (Å²) in [4.78, 5) is 11.0. The van der Waals surface area contributed by atoms with Crippen molar-refractivity contribution >= 4 is 33.3 Å². The standard InChI is InChI=1S/C18H13NO4/c20-16-8-7-13-15(19(22)23)9-14-11-4-2-1-3-10(11)5-6-12(14)17(13)18(16)21/h1-9,16,18,20-21H/t16-,18+/m0/s1. The van der Waals surface area contributed by atoms with Crippen molar-refractivity contribution in [2.75, 3.05) is 0 Å².